The number of benzene rings is 8. The summed E-state index contributed by atoms with van der Waals surface area (Å²) < 4.78 is 7.24. The van der Waals surface area contributed by atoms with Crippen LogP contribution in [0.3, 0.4) is 0 Å². The lowest BCUT2D eigenvalue weighted by atomic mass is 9.86. The normalized spacial score (nSPS) is 14.0. The van der Waals surface area contributed by atoms with Crippen molar-refractivity contribution in [3.63, 3.8) is 0 Å². The summed E-state index contributed by atoms with van der Waals surface area (Å²) in [5, 5.41) is 6.43. The molecule has 3 heterocycles. The van der Waals surface area contributed by atoms with Crippen molar-refractivity contribution in [2.75, 3.05) is 0 Å². The molecule has 1 aliphatic carbocycles. The molecule has 0 radical (unpaired) electrons. The van der Waals surface area contributed by atoms with E-state index in [2.05, 4.69) is 220 Å². The predicted octanol–water partition coefficient (Wildman–Crippen LogP) is 13.8. The third-order valence-corrected chi connectivity index (χ3v) is 12.2. The second-order valence-electron chi connectivity index (χ2n) is 15.3. The molecule has 3 heteroatoms. The van der Waals surface area contributed by atoms with Crippen molar-refractivity contribution >= 4 is 60.6 Å². The fraction of sp³-hybridized carbons (Fsp3) is 0.0370. The predicted molar refractivity (Wildman–Crippen MR) is 239 cm³/mol. The lowest BCUT2D eigenvalue weighted by molar-refractivity contribution is 0.826. The molecular formula is C54H37N3. The number of hydrogen-bond acceptors (Lipinski definition) is 0. The van der Waals surface area contributed by atoms with Gasteiger partial charge in [-0.3, -0.25) is 0 Å². The van der Waals surface area contributed by atoms with E-state index in [1.165, 1.54) is 99.5 Å². The van der Waals surface area contributed by atoms with E-state index >= 15 is 0 Å². The van der Waals surface area contributed by atoms with Gasteiger partial charge in [-0.05, 0) is 120 Å². The molecule has 0 amide bonds. The molecule has 1 aliphatic rings. The van der Waals surface area contributed by atoms with Crippen molar-refractivity contribution in [3.8, 4) is 28.2 Å². The van der Waals surface area contributed by atoms with Crippen LogP contribution < -0.4 is 0 Å². The van der Waals surface area contributed by atoms with Crippen LogP contribution in [0.2, 0.25) is 0 Å². The highest BCUT2D eigenvalue weighted by Gasteiger charge is 2.25. The van der Waals surface area contributed by atoms with Crippen molar-refractivity contribution in [1.29, 1.82) is 0 Å². The van der Waals surface area contributed by atoms with Crippen LogP contribution >= 0.6 is 0 Å². The van der Waals surface area contributed by atoms with E-state index in [0.717, 1.165) is 6.42 Å². The SMILES string of the molecule is C1=CC(c2ccc3c(c2)c2ccccc2n3-c2ccccc2)Cc2c1n(-c1ccccc1)c1ccc(-c3ccc4c(c3)c3ccccc3n4-c3ccccc3)cc21. The molecule has 0 fully saturated rings. The highest BCUT2D eigenvalue weighted by Crippen LogP contribution is 2.42. The van der Waals surface area contributed by atoms with Gasteiger partial charge in [0.25, 0.3) is 0 Å². The number of allylic oxidation sites excluding steroid dienone is 1. The molecule has 57 heavy (non-hydrogen) atoms. The average Bonchev–Trinajstić information content (AvgIpc) is 3.92. The minimum absolute atomic E-state index is 0.250. The van der Waals surface area contributed by atoms with E-state index in [1.54, 1.807) is 0 Å². The summed E-state index contributed by atoms with van der Waals surface area (Å²) >= 11 is 0. The van der Waals surface area contributed by atoms with Crippen molar-refractivity contribution in [2.45, 2.75) is 12.3 Å². The molecule has 268 valence electrons. The Labute approximate surface area is 330 Å². The summed E-state index contributed by atoms with van der Waals surface area (Å²) in [7, 11) is 0. The number of nitrogens with zero attached hydrogens (tertiary/aromatic N) is 3. The van der Waals surface area contributed by atoms with E-state index in [1.807, 2.05) is 0 Å². The standard InChI is InChI=1S/C54H37N3/c1-4-14-40(15-5-1)55-49-22-12-10-20-43(49)45-32-36(24-28-51(45)55)38-26-30-53-47(34-38)48-35-39(27-31-54(48)57(53)42-18-8-3-9-19-42)37-25-29-52-46(33-37)44-21-11-13-23-50(44)56(52)41-16-6-2-7-17-41/h1-34,39H,35H2. The van der Waals surface area contributed by atoms with Gasteiger partial charge in [0, 0.05) is 55.6 Å². The first-order chi connectivity index (χ1) is 28.3. The second-order valence-corrected chi connectivity index (χ2v) is 15.3. The largest absolute Gasteiger partial charge is 0.310 e. The Hall–Kier alpha value is -7.36. The highest BCUT2D eigenvalue weighted by atomic mass is 15.0. The van der Waals surface area contributed by atoms with E-state index in [4.69, 9.17) is 0 Å². The summed E-state index contributed by atoms with van der Waals surface area (Å²) in [4.78, 5) is 0. The maximum Gasteiger partial charge on any atom is 0.0541 e. The first-order valence-electron chi connectivity index (χ1n) is 19.9. The van der Waals surface area contributed by atoms with E-state index in [-0.39, 0.29) is 5.92 Å². The summed E-state index contributed by atoms with van der Waals surface area (Å²) in [6.45, 7) is 0. The quantitative estimate of drug-likeness (QED) is 0.168. The van der Waals surface area contributed by atoms with Gasteiger partial charge in [-0.25, -0.2) is 0 Å². The van der Waals surface area contributed by atoms with Crippen molar-refractivity contribution in [2.24, 2.45) is 0 Å². The van der Waals surface area contributed by atoms with Crippen LogP contribution in [0.5, 0.6) is 0 Å². The summed E-state index contributed by atoms with van der Waals surface area (Å²) in [5.74, 6) is 0.250. The van der Waals surface area contributed by atoms with E-state index < -0.39 is 0 Å². The smallest absolute Gasteiger partial charge is 0.0541 e. The summed E-state index contributed by atoms with van der Waals surface area (Å²) in [6.07, 6.45) is 5.73. The minimum Gasteiger partial charge on any atom is -0.310 e. The van der Waals surface area contributed by atoms with Crippen LogP contribution in [-0.4, -0.2) is 13.7 Å². The summed E-state index contributed by atoms with van der Waals surface area (Å²) in [6, 6.07) is 71.0. The van der Waals surface area contributed by atoms with Gasteiger partial charge in [-0.1, -0.05) is 115 Å². The highest BCUT2D eigenvalue weighted by molar-refractivity contribution is 6.11. The number of rotatable bonds is 5. The first-order valence-corrected chi connectivity index (χ1v) is 19.9. The third-order valence-electron chi connectivity index (χ3n) is 12.2. The molecule has 12 rings (SSSR count). The number of hydrogen-bond donors (Lipinski definition) is 0. The van der Waals surface area contributed by atoms with Gasteiger partial charge < -0.3 is 13.7 Å². The lowest BCUT2D eigenvalue weighted by Gasteiger charge is -2.20. The van der Waals surface area contributed by atoms with Crippen LogP contribution in [0.4, 0.5) is 0 Å². The van der Waals surface area contributed by atoms with Gasteiger partial charge >= 0.3 is 0 Å². The Morgan fingerprint density at radius 1 is 0.351 bits per heavy atom. The Morgan fingerprint density at radius 3 is 1.37 bits per heavy atom. The molecule has 0 aliphatic heterocycles. The monoisotopic (exact) mass is 727 g/mol. The van der Waals surface area contributed by atoms with Crippen LogP contribution in [0.15, 0.2) is 200 Å². The molecule has 11 aromatic rings. The fourth-order valence-corrected chi connectivity index (χ4v) is 9.61. The Balaban J connectivity index is 1.00. The lowest BCUT2D eigenvalue weighted by Crippen LogP contribution is -2.07. The Morgan fingerprint density at radius 2 is 0.789 bits per heavy atom. The molecule has 0 bridgehead atoms. The van der Waals surface area contributed by atoms with Gasteiger partial charge in [0.1, 0.15) is 0 Å². The van der Waals surface area contributed by atoms with Gasteiger partial charge in [0.05, 0.1) is 27.6 Å². The zero-order valence-electron chi connectivity index (χ0n) is 31.3. The van der Waals surface area contributed by atoms with Gasteiger partial charge in [-0.2, -0.15) is 0 Å². The second kappa shape index (κ2) is 12.6. The van der Waals surface area contributed by atoms with Crippen molar-refractivity contribution < 1.29 is 0 Å². The van der Waals surface area contributed by atoms with Gasteiger partial charge in [-0.15, -0.1) is 0 Å². The van der Waals surface area contributed by atoms with E-state index in [9.17, 15) is 0 Å². The van der Waals surface area contributed by atoms with Crippen LogP contribution in [0, 0.1) is 0 Å². The maximum atomic E-state index is 2.45. The average molecular weight is 728 g/mol. The molecule has 1 unspecified atom stereocenters. The third kappa shape index (κ3) is 4.92. The maximum absolute atomic E-state index is 2.45. The van der Waals surface area contributed by atoms with Crippen LogP contribution in [0.25, 0.3) is 88.8 Å². The van der Waals surface area contributed by atoms with Gasteiger partial charge in [0.2, 0.25) is 0 Å². The zero-order valence-corrected chi connectivity index (χ0v) is 31.3. The molecule has 0 N–H and O–H groups in total. The van der Waals surface area contributed by atoms with Gasteiger partial charge in [0.15, 0.2) is 0 Å². The molecule has 0 saturated heterocycles. The molecule has 3 aromatic heterocycles. The Bertz CT molecular complexity index is 3360. The number of aromatic nitrogens is 3. The zero-order chi connectivity index (χ0) is 37.5. The first kappa shape index (κ1) is 31.9. The molecule has 0 spiro atoms. The molecule has 8 aromatic carbocycles. The van der Waals surface area contributed by atoms with Crippen molar-refractivity contribution in [3.05, 3.63) is 217 Å². The number of para-hydroxylation sites is 5. The van der Waals surface area contributed by atoms with Crippen LogP contribution in [0.1, 0.15) is 22.7 Å². The molecule has 0 saturated carbocycles. The van der Waals surface area contributed by atoms with Crippen LogP contribution in [-0.2, 0) is 6.42 Å². The topological polar surface area (TPSA) is 14.8 Å². The van der Waals surface area contributed by atoms with E-state index in [0.29, 0.717) is 0 Å². The Kier molecular flexibility index (Phi) is 7.05. The van der Waals surface area contributed by atoms with Crippen molar-refractivity contribution in [1.82, 2.24) is 13.7 Å². The molecule has 3 nitrogen and oxygen atoms in total. The summed E-state index contributed by atoms with van der Waals surface area (Å²) in [5.41, 5.74) is 16.2. The molecular weight excluding hydrogens is 691 g/mol. The number of fused-ring (bicyclic) bond motifs is 9. The minimum atomic E-state index is 0.250. The molecule has 1 atom stereocenters. The fourth-order valence-electron chi connectivity index (χ4n) is 9.61.